The second-order valence-corrected chi connectivity index (χ2v) is 6.25. The molecule has 5 nitrogen and oxygen atoms in total. The maximum atomic E-state index is 12.6. The predicted octanol–water partition coefficient (Wildman–Crippen LogP) is 1.35. The summed E-state index contributed by atoms with van der Waals surface area (Å²) in [6.45, 7) is 3.61. The summed E-state index contributed by atoms with van der Waals surface area (Å²) in [5, 5.41) is 18.3. The van der Waals surface area contributed by atoms with Crippen molar-refractivity contribution in [3.63, 3.8) is 0 Å². The Labute approximate surface area is 120 Å². The summed E-state index contributed by atoms with van der Waals surface area (Å²) in [7, 11) is 0. The van der Waals surface area contributed by atoms with Crippen molar-refractivity contribution >= 4 is 11.9 Å². The molecule has 2 rings (SSSR count). The van der Waals surface area contributed by atoms with E-state index < -0.39 is 11.9 Å². The second kappa shape index (κ2) is 6.57. The van der Waals surface area contributed by atoms with E-state index >= 15 is 0 Å². The molecule has 1 heterocycles. The van der Waals surface area contributed by atoms with E-state index in [-0.39, 0.29) is 18.4 Å². The minimum absolute atomic E-state index is 0.0220. The first-order valence-corrected chi connectivity index (χ1v) is 7.69. The number of carbonyl (C=O) groups is 2. The SMILES string of the molecule is CCC1C[C@H](C(=O)N2CCC(CCO)C2)[C@H](C(=O)O)C1. The van der Waals surface area contributed by atoms with Crippen molar-refractivity contribution in [1.82, 2.24) is 4.90 Å². The zero-order valence-corrected chi connectivity index (χ0v) is 12.1. The molecule has 2 unspecified atom stereocenters. The van der Waals surface area contributed by atoms with E-state index in [1.54, 1.807) is 0 Å². The highest BCUT2D eigenvalue weighted by Gasteiger charge is 2.44. The van der Waals surface area contributed by atoms with Crippen molar-refractivity contribution in [2.75, 3.05) is 19.7 Å². The average Bonchev–Trinajstić information content (AvgIpc) is 3.04. The molecule has 20 heavy (non-hydrogen) atoms. The molecule has 0 radical (unpaired) electrons. The van der Waals surface area contributed by atoms with Crippen LogP contribution in [0.4, 0.5) is 0 Å². The number of amides is 1. The fourth-order valence-electron chi connectivity index (χ4n) is 3.71. The highest BCUT2D eigenvalue weighted by Crippen LogP contribution is 2.40. The lowest BCUT2D eigenvalue weighted by Crippen LogP contribution is -2.38. The van der Waals surface area contributed by atoms with Crippen LogP contribution in [0.3, 0.4) is 0 Å². The molecule has 0 aromatic carbocycles. The number of aliphatic hydroxyl groups is 1. The van der Waals surface area contributed by atoms with Crippen molar-refractivity contribution in [3.8, 4) is 0 Å². The van der Waals surface area contributed by atoms with Gasteiger partial charge in [-0.2, -0.15) is 0 Å². The van der Waals surface area contributed by atoms with Gasteiger partial charge in [-0.15, -0.1) is 0 Å². The van der Waals surface area contributed by atoms with Crippen LogP contribution in [0.1, 0.15) is 39.0 Å². The Morgan fingerprint density at radius 2 is 1.90 bits per heavy atom. The lowest BCUT2D eigenvalue weighted by Gasteiger charge is -2.23. The third-order valence-corrected chi connectivity index (χ3v) is 5.01. The number of carboxylic acid groups (broad SMARTS) is 1. The van der Waals surface area contributed by atoms with Crippen LogP contribution in [0.15, 0.2) is 0 Å². The number of carboxylic acids is 1. The van der Waals surface area contributed by atoms with Gasteiger partial charge in [0.1, 0.15) is 0 Å². The first-order valence-electron chi connectivity index (χ1n) is 7.69. The quantitative estimate of drug-likeness (QED) is 0.798. The molecule has 4 atom stereocenters. The van der Waals surface area contributed by atoms with E-state index in [0.717, 1.165) is 19.3 Å². The van der Waals surface area contributed by atoms with E-state index in [1.165, 1.54) is 0 Å². The standard InChI is InChI=1S/C15H25NO4/c1-2-10-7-12(13(8-10)15(19)20)14(18)16-5-3-11(9-16)4-6-17/h10-13,17H,2-9H2,1H3,(H,19,20)/t10?,11?,12-,13+/m0/s1. The van der Waals surface area contributed by atoms with Gasteiger partial charge in [0.15, 0.2) is 0 Å². The molecule has 1 saturated carbocycles. The molecule has 1 aliphatic carbocycles. The van der Waals surface area contributed by atoms with Gasteiger partial charge >= 0.3 is 5.97 Å². The summed E-state index contributed by atoms with van der Waals surface area (Å²) >= 11 is 0. The van der Waals surface area contributed by atoms with Gasteiger partial charge < -0.3 is 15.1 Å². The van der Waals surface area contributed by atoms with Gasteiger partial charge in [-0.05, 0) is 37.5 Å². The van der Waals surface area contributed by atoms with Gasteiger partial charge in [0.2, 0.25) is 5.91 Å². The molecule has 2 N–H and O–H groups in total. The zero-order chi connectivity index (χ0) is 14.7. The summed E-state index contributed by atoms with van der Waals surface area (Å²) < 4.78 is 0. The number of aliphatic hydroxyl groups excluding tert-OH is 1. The van der Waals surface area contributed by atoms with Crippen LogP contribution in [0.2, 0.25) is 0 Å². The molecular formula is C15H25NO4. The molecule has 0 bridgehead atoms. The number of nitrogens with zero attached hydrogens (tertiary/aromatic N) is 1. The number of aliphatic carboxylic acids is 1. The van der Waals surface area contributed by atoms with E-state index in [1.807, 2.05) is 4.90 Å². The van der Waals surface area contributed by atoms with Crippen molar-refractivity contribution < 1.29 is 19.8 Å². The summed E-state index contributed by atoms with van der Waals surface area (Å²) in [6, 6.07) is 0. The normalized spacial score (nSPS) is 33.6. The van der Waals surface area contributed by atoms with Gasteiger partial charge in [0.05, 0.1) is 11.8 Å². The van der Waals surface area contributed by atoms with E-state index in [2.05, 4.69) is 6.92 Å². The number of hydrogen-bond acceptors (Lipinski definition) is 3. The Kier molecular flexibility index (Phi) is 5.02. The van der Waals surface area contributed by atoms with Crippen LogP contribution in [0, 0.1) is 23.7 Å². The predicted molar refractivity (Wildman–Crippen MR) is 74.0 cm³/mol. The summed E-state index contributed by atoms with van der Waals surface area (Å²) in [5.74, 6) is -0.926. The molecule has 0 spiro atoms. The maximum absolute atomic E-state index is 12.6. The minimum Gasteiger partial charge on any atom is -0.481 e. The fraction of sp³-hybridized carbons (Fsp3) is 0.867. The summed E-state index contributed by atoms with van der Waals surface area (Å²) in [5.41, 5.74) is 0. The third-order valence-electron chi connectivity index (χ3n) is 5.01. The average molecular weight is 283 g/mol. The Morgan fingerprint density at radius 3 is 2.50 bits per heavy atom. The van der Waals surface area contributed by atoms with Gasteiger partial charge in [0, 0.05) is 19.7 Å². The van der Waals surface area contributed by atoms with Crippen molar-refractivity contribution in [2.45, 2.75) is 39.0 Å². The van der Waals surface area contributed by atoms with Gasteiger partial charge in [0.25, 0.3) is 0 Å². The zero-order valence-electron chi connectivity index (χ0n) is 12.1. The van der Waals surface area contributed by atoms with Crippen molar-refractivity contribution in [3.05, 3.63) is 0 Å². The second-order valence-electron chi connectivity index (χ2n) is 6.25. The van der Waals surface area contributed by atoms with Gasteiger partial charge in [-0.3, -0.25) is 9.59 Å². The smallest absolute Gasteiger partial charge is 0.307 e. The minimum atomic E-state index is -0.828. The molecular weight excluding hydrogens is 258 g/mol. The maximum Gasteiger partial charge on any atom is 0.307 e. The molecule has 2 fully saturated rings. The Bertz CT molecular complexity index is 371. The van der Waals surface area contributed by atoms with Crippen LogP contribution in [0.25, 0.3) is 0 Å². The van der Waals surface area contributed by atoms with Gasteiger partial charge in [-0.1, -0.05) is 13.3 Å². The molecule has 1 aliphatic heterocycles. The first-order chi connectivity index (χ1) is 9.56. The lowest BCUT2D eigenvalue weighted by molar-refractivity contribution is -0.148. The Hall–Kier alpha value is -1.10. The largest absolute Gasteiger partial charge is 0.481 e. The number of rotatable bonds is 5. The summed E-state index contributed by atoms with van der Waals surface area (Å²) in [6.07, 6.45) is 3.95. The first kappa shape index (κ1) is 15.3. The molecule has 1 saturated heterocycles. The van der Waals surface area contributed by atoms with Crippen molar-refractivity contribution in [1.29, 1.82) is 0 Å². The monoisotopic (exact) mass is 283 g/mol. The Balaban J connectivity index is 1.99. The van der Waals surface area contributed by atoms with Crippen LogP contribution >= 0.6 is 0 Å². The summed E-state index contributed by atoms with van der Waals surface area (Å²) in [4.78, 5) is 25.7. The molecule has 2 aliphatic rings. The van der Waals surface area contributed by atoms with Crippen LogP contribution in [0.5, 0.6) is 0 Å². The van der Waals surface area contributed by atoms with Crippen molar-refractivity contribution in [2.24, 2.45) is 23.7 Å². The molecule has 1 amide bonds. The number of hydrogen-bond donors (Lipinski definition) is 2. The third kappa shape index (κ3) is 3.14. The van der Waals surface area contributed by atoms with Crippen LogP contribution < -0.4 is 0 Å². The van der Waals surface area contributed by atoms with E-state index in [4.69, 9.17) is 5.11 Å². The Morgan fingerprint density at radius 1 is 1.20 bits per heavy atom. The number of likely N-dealkylation sites (tertiary alicyclic amines) is 1. The molecule has 5 heteroatoms. The van der Waals surface area contributed by atoms with Crippen LogP contribution in [-0.2, 0) is 9.59 Å². The molecule has 0 aromatic rings. The van der Waals surface area contributed by atoms with E-state index in [9.17, 15) is 14.7 Å². The van der Waals surface area contributed by atoms with Crippen LogP contribution in [-0.4, -0.2) is 46.7 Å². The lowest BCUT2D eigenvalue weighted by atomic mass is 9.95. The van der Waals surface area contributed by atoms with E-state index in [0.29, 0.717) is 37.8 Å². The molecule has 114 valence electrons. The highest BCUT2D eigenvalue weighted by molar-refractivity contribution is 5.85. The van der Waals surface area contributed by atoms with Gasteiger partial charge in [-0.25, -0.2) is 0 Å². The molecule has 0 aromatic heterocycles. The fourth-order valence-corrected chi connectivity index (χ4v) is 3.71. The topological polar surface area (TPSA) is 77.8 Å². The number of carbonyl (C=O) groups excluding carboxylic acids is 1. The highest BCUT2D eigenvalue weighted by atomic mass is 16.4.